The molecule has 1 heterocycles. The van der Waals surface area contributed by atoms with Gasteiger partial charge in [0, 0.05) is 18.7 Å². The second-order valence-electron chi connectivity index (χ2n) is 6.91. The van der Waals surface area contributed by atoms with E-state index in [2.05, 4.69) is 10.1 Å². The molecule has 2 amide bonds. The fraction of sp³-hybridized carbons (Fsp3) is 0.300. The molecule has 9 heteroatoms. The third-order valence-corrected chi connectivity index (χ3v) is 4.22. The van der Waals surface area contributed by atoms with Crippen LogP contribution >= 0.6 is 0 Å². The van der Waals surface area contributed by atoms with Crippen molar-refractivity contribution in [2.24, 2.45) is 0 Å². The van der Waals surface area contributed by atoms with Crippen molar-refractivity contribution in [3.63, 3.8) is 0 Å². The highest BCUT2D eigenvalue weighted by atomic mass is 19.4. The summed E-state index contributed by atoms with van der Waals surface area (Å²) in [7, 11) is 0. The number of amides is 2. The van der Waals surface area contributed by atoms with Crippen LogP contribution in [0.25, 0.3) is 0 Å². The van der Waals surface area contributed by atoms with Crippen LogP contribution in [-0.4, -0.2) is 30.3 Å². The van der Waals surface area contributed by atoms with E-state index in [1.807, 2.05) is 0 Å². The molecule has 0 atom stereocenters. The van der Waals surface area contributed by atoms with Gasteiger partial charge in [0.25, 0.3) is 5.91 Å². The predicted octanol–water partition coefficient (Wildman–Crippen LogP) is 4.12. The van der Waals surface area contributed by atoms with Crippen LogP contribution in [0.15, 0.2) is 48.5 Å². The number of alkyl halides is 3. The highest BCUT2D eigenvalue weighted by molar-refractivity contribution is 6.03. The Labute approximate surface area is 165 Å². The summed E-state index contributed by atoms with van der Waals surface area (Å²) in [4.78, 5) is 26.5. The Hall–Kier alpha value is -3.23. The van der Waals surface area contributed by atoms with Crippen molar-refractivity contribution in [1.82, 2.24) is 0 Å². The number of anilines is 2. The first-order chi connectivity index (χ1) is 13.5. The van der Waals surface area contributed by atoms with E-state index in [0.717, 1.165) is 12.1 Å². The largest absolute Gasteiger partial charge is 0.573 e. The summed E-state index contributed by atoms with van der Waals surface area (Å²) in [5.74, 6) is -0.479. The summed E-state index contributed by atoms with van der Waals surface area (Å²) in [5, 5.41) is 2.59. The van der Waals surface area contributed by atoms with Gasteiger partial charge in [0.05, 0.1) is 5.69 Å². The lowest BCUT2D eigenvalue weighted by Crippen LogP contribution is -2.53. The summed E-state index contributed by atoms with van der Waals surface area (Å²) in [6.07, 6.45) is -4.78. The van der Waals surface area contributed by atoms with Gasteiger partial charge in [-0.05, 0) is 50.2 Å². The molecule has 1 aliphatic rings. The SMILES string of the molecule is CC1(C)Oc2ccccc2N(CCC(=O)Nc2ccc(OC(F)(F)F)cc2)C1=O. The number of carbonyl (C=O) groups excluding carboxylic acids is 2. The number of nitrogens with zero attached hydrogens (tertiary/aromatic N) is 1. The Kier molecular flexibility index (Phi) is 5.41. The molecule has 2 aromatic carbocycles. The maximum Gasteiger partial charge on any atom is 0.573 e. The van der Waals surface area contributed by atoms with E-state index >= 15 is 0 Å². The molecule has 29 heavy (non-hydrogen) atoms. The highest BCUT2D eigenvalue weighted by Gasteiger charge is 2.40. The number of benzene rings is 2. The number of hydrogen-bond acceptors (Lipinski definition) is 4. The second kappa shape index (κ2) is 7.65. The zero-order chi connectivity index (χ0) is 21.2. The molecule has 0 aliphatic carbocycles. The minimum atomic E-state index is -4.78. The van der Waals surface area contributed by atoms with Crippen LogP contribution < -0.4 is 19.7 Å². The van der Waals surface area contributed by atoms with E-state index < -0.39 is 12.0 Å². The lowest BCUT2D eigenvalue weighted by molar-refractivity contribution is -0.274. The van der Waals surface area contributed by atoms with Crippen molar-refractivity contribution >= 4 is 23.2 Å². The molecule has 0 bridgehead atoms. The summed E-state index contributed by atoms with van der Waals surface area (Å²) in [6, 6.07) is 11.9. The fourth-order valence-corrected chi connectivity index (χ4v) is 2.92. The van der Waals surface area contributed by atoms with Crippen LogP contribution in [0.2, 0.25) is 0 Å². The molecule has 1 aliphatic heterocycles. The zero-order valence-corrected chi connectivity index (χ0v) is 15.7. The van der Waals surface area contributed by atoms with Crippen molar-refractivity contribution < 1.29 is 32.2 Å². The van der Waals surface area contributed by atoms with E-state index in [4.69, 9.17) is 4.74 Å². The van der Waals surface area contributed by atoms with Crippen molar-refractivity contribution in [3.05, 3.63) is 48.5 Å². The van der Waals surface area contributed by atoms with Gasteiger partial charge >= 0.3 is 6.36 Å². The minimum absolute atomic E-state index is 0.00302. The Morgan fingerprint density at radius 1 is 1.14 bits per heavy atom. The Morgan fingerprint density at radius 3 is 2.45 bits per heavy atom. The molecule has 6 nitrogen and oxygen atoms in total. The maximum atomic E-state index is 12.7. The van der Waals surface area contributed by atoms with Gasteiger partial charge in [-0.2, -0.15) is 0 Å². The van der Waals surface area contributed by atoms with Crippen molar-refractivity contribution in [1.29, 1.82) is 0 Å². The molecular formula is C20H19F3N2O4. The van der Waals surface area contributed by atoms with Gasteiger partial charge in [-0.25, -0.2) is 0 Å². The molecule has 1 N–H and O–H groups in total. The van der Waals surface area contributed by atoms with E-state index in [1.54, 1.807) is 38.1 Å². The predicted molar refractivity (Wildman–Crippen MR) is 99.9 cm³/mol. The number of nitrogens with one attached hydrogen (secondary N) is 1. The van der Waals surface area contributed by atoms with Crippen LogP contribution in [0, 0.1) is 0 Å². The van der Waals surface area contributed by atoms with Gasteiger partial charge in [-0.3, -0.25) is 9.59 Å². The average molecular weight is 408 g/mol. The highest BCUT2D eigenvalue weighted by Crippen LogP contribution is 2.37. The molecule has 0 radical (unpaired) electrons. The number of hydrogen-bond donors (Lipinski definition) is 1. The summed E-state index contributed by atoms with van der Waals surface area (Å²) in [5.41, 5.74) is -0.157. The van der Waals surface area contributed by atoms with Gasteiger partial charge < -0.3 is 19.7 Å². The first-order valence-corrected chi connectivity index (χ1v) is 8.81. The molecule has 0 aromatic heterocycles. The molecule has 0 unspecified atom stereocenters. The van der Waals surface area contributed by atoms with Gasteiger partial charge in [-0.1, -0.05) is 12.1 Å². The minimum Gasteiger partial charge on any atom is -0.476 e. The van der Waals surface area contributed by atoms with E-state index in [9.17, 15) is 22.8 Å². The van der Waals surface area contributed by atoms with Gasteiger partial charge in [-0.15, -0.1) is 13.2 Å². The molecule has 0 saturated carbocycles. The lowest BCUT2D eigenvalue weighted by Gasteiger charge is -2.38. The molecule has 154 valence electrons. The second-order valence-corrected chi connectivity index (χ2v) is 6.91. The van der Waals surface area contributed by atoms with Crippen molar-refractivity contribution in [2.45, 2.75) is 32.2 Å². The van der Waals surface area contributed by atoms with Gasteiger partial charge in [0.2, 0.25) is 5.91 Å². The molecule has 2 aromatic rings. The average Bonchev–Trinajstić information content (AvgIpc) is 2.62. The number of halogens is 3. The third kappa shape index (κ3) is 4.98. The Morgan fingerprint density at radius 2 is 1.79 bits per heavy atom. The first-order valence-electron chi connectivity index (χ1n) is 8.81. The Balaban J connectivity index is 1.62. The number of para-hydroxylation sites is 2. The standard InChI is InChI=1S/C20H19F3N2O4/c1-19(2)18(27)25(15-5-3-4-6-16(15)29-19)12-11-17(26)24-13-7-9-14(10-8-13)28-20(21,22)23/h3-10H,11-12H2,1-2H3,(H,24,26). The number of ether oxygens (including phenoxy) is 2. The van der Waals surface area contributed by atoms with Crippen molar-refractivity contribution in [3.8, 4) is 11.5 Å². The topological polar surface area (TPSA) is 67.9 Å². The van der Waals surface area contributed by atoms with E-state index in [0.29, 0.717) is 17.1 Å². The van der Waals surface area contributed by atoms with Crippen LogP contribution in [-0.2, 0) is 9.59 Å². The van der Waals surface area contributed by atoms with Crippen LogP contribution in [0.4, 0.5) is 24.5 Å². The quantitative estimate of drug-likeness (QED) is 0.808. The summed E-state index contributed by atoms with van der Waals surface area (Å²) in [6.45, 7) is 3.44. The van der Waals surface area contributed by atoms with E-state index in [1.165, 1.54) is 17.0 Å². The van der Waals surface area contributed by atoms with E-state index in [-0.39, 0.29) is 30.5 Å². The summed E-state index contributed by atoms with van der Waals surface area (Å²) < 4.78 is 46.1. The lowest BCUT2D eigenvalue weighted by atomic mass is 10.0. The van der Waals surface area contributed by atoms with Gasteiger partial charge in [0.15, 0.2) is 5.60 Å². The zero-order valence-electron chi connectivity index (χ0n) is 15.7. The number of fused-ring (bicyclic) bond motifs is 1. The normalized spacial score (nSPS) is 15.3. The van der Waals surface area contributed by atoms with Crippen LogP contribution in [0.5, 0.6) is 11.5 Å². The molecule has 3 rings (SSSR count). The third-order valence-electron chi connectivity index (χ3n) is 4.22. The Bertz CT molecular complexity index is 911. The van der Waals surface area contributed by atoms with Crippen LogP contribution in [0.1, 0.15) is 20.3 Å². The van der Waals surface area contributed by atoms with Crippen molar-refractivity contribution in [2.75, 3.05) is 16.8 Å². The maximum absolute atomic E-state index is 12.7. The summed E-state index contributed by atoms with van der Waals surface area (Å²) >= 11 is 0. The molecule has 0 spiro atoms. The molecule has 0 saturated heterocycles. The molecule has 0 fully saturated rings. The smallest absolute Gasteiger partial charge is 0.476 e. The van der Waals surface area contributed by atoms with Crippen LogP contribution in [0.3, 0.4) is 0 Å². The number of rotatable bonds is 5. The fourth-order valence-electron chi connectivity index (χ4n) is 2.92. The first kappa shape index (κ1) is 20.5. The monoisotopic (exact) mass is 408 g/mol. The van der Waals surface area contributed by atoms with Gasteiger partial charge in [0.1, 0.15) is 11.5 Å². The number of carbonyl (C=O) groups is 2. The molecular weight excluding hydrogens is 389 g/mol.